The number of hydrogen-bond acceptors (Lipinski definition) is 2. The van der Waals surface area contributed by atoms with Gasteiger partial charge in [-0.3, -0.25) is 9.59 Å². The fourth-order valence-corrected chi connectivity index (χ4v) is 1.95. The van der Waals surface area contributed by atoms with Crippen molar-refractivity contribution in [1.29, 1.82) is 0 Å². The molecule has 0 aliphatic heterocycles. The first-order valence-electron chi connectivity index (χ1n) is 5.67. The predicted octanol–water partition coefficient (Wildman–Crippen LogP) is 2.66. The van der Waals surface area contributed by atoms with E-state index in [1.165, 1.54) is 0 Å². The van der Waals surface area contributed by atoms with Crippen LogP contribution in [0.25, 0.3) is 10.9 Å². The Morgan fingerprint density at radius 2 is 2.22 bits per heavy atom. The van der Waals surface area contributed by atoms with Crippen LogP contribution in [0.5, 0.6) is 0 Å². The molecule has 2 N–H and O–H groups in total. The van der Waals surface area contributed by atoms with Crippen LogP contribution >= 0.6 is 11.6 Å². The van der Waals surface area contributed by atoms with Crippen molar-refractivity contribution in [2.45, 2.75) is 19.9 Å². The highest BCUT2D eigenvalue weighted by Crippen LogP contribution is 2.23. The van der Waals surface area contributed by atoms with Crippen LogP contribution in [0.15, 0.2) is 18.2 Å². The Hall–Kier alpha value is -1.81. The van der Waals surface area contributed by atoms with E-state index >= 15 is 0 Å². The van der Waals surface area contributed by atoms with Crippen molar-refractivity contribution in [3.8, 4) is 0 Å². The number of rotatable bonds is 4. The number of hydrogen-bond donors (Lipinski definition) is 2. The molecule has 4 nitrogen and oxygen atoms in total. The third kappa shape index (κ3) is 2.54. The first kappa shape index (κ1) is 12.6. The molecular weight excluding hydrogens is 252 g/mol. The van der Waals surface area contributed by atoms with Gasteiger partial charge >= 0.3 is 0 Å². The molecule has 1 amide bonds. The number of H-pyrrole nitrogens is 1. The minimum absolute atomic E-state index is 0.000249. The van der Waals surface area contributed by atoms with Gasteiger partial charge in [0, 0.05) is 28.6 Å². The first-order chi connectivity index (χ1) is 8.63. The number of carbonyl (C=O) groups is 2. The molecule has 0 saturated heterocycles. The van der Waals surface area contributed by atoms with Crippen LogP contribution < -0.4 is 5.32 Å². The highest BCUT2D eigenvalue weighted by atomic mass is 35.5. The summed E-state index contributed by atoms with van der Waals surface area (Å²) >= 11 is 5.95. The zero-order chi connectivity index (χ0) is 13.1. The lowest BCUT2D eigenvalue weighted by Crippen LogP contribution is -2.21. The summed E-state index contributed by atoms with van der Waals surface area (Å²) in [4.78, 5) is 25.1. The maximum absolute atomic E-state index is 11.2. The lowest BCUT2D eigenvalue weighted by Gasteiger charge is -2.00. The Balaban J connectivity index is 2.27. The third-order valence-electron chi connectivity index (χ3n) is 2.72. The van der Waals surface area contributed by atoms with Crippen LogP contribution in [0, 0.1) is 0 Å². The van der Waals surface area contributed by atoms with E-state index in [0.29, 0.717) is 23.6 Å². The van der Waals surface area contributed by atoms with Gasteiger partial charge in [-0.15, -0.1) is 0 Å². The molecule has 1 heterocycles. The van der Waals surface area contributed by atoms with Crippen molar-refractivity contribution >= 4 is 34.7 Å². The average molecular weight is 265 g/mol. The monoisotopic (exact) mass is 264 g/mol. The van der Waals surface area contributed by atoms with Crippen LogP contribution in [0.3, 0.4) is 0 Å². The van der Waals surface area contributed by atoms with Crippen LogP contribution in [-0.2, 0) is 11.3 Å². The van der Waals surface area contributed by atoms with E-state index in [2.05, 4.69) is 10.3 Å². The predicted molar refractivity (Wildman–Crippen MR) is 70.8 cm³/mol. The number of carbonyl (C=O) groups excluding carboxylic acids is 2. The summed E-state index contributed by atoms with van der Waals surface area (Å²) in [5.74, 6) is 0.000249. The maximum atomic E-state index is 11.2. The van der Waals surface area contributed by atoms with Crippen LogP contribution in [0.4, 0.5) is 0 Å². The van der Waals surface area contributed by atoms with Crippen LogP contribution in [0.2, 0.25) is 5.02 Å². The molecule has 2 rings (SSSR count). The quantitative estimate of drug-likeness (QED) is 0.834. The number of nitrogens with one attached hydrogen (secondary N) is 2. The van der Waals surface area contributed by atoms with Crippen molar-refractivity contribution in [2.75, 3.05) is 0 Å². The SMILES string of the molecule is CCC(=O)NCc1cc2cc(Cl)c(C=O)cc2[nH]1. The van der Waals surface area contributed by atoms with Crippen LogP contribution in [0.1, 0.15) is 29.4 Å². The molecule has 0 aliphatic rings. The van der Waals surface area contributed by atoms with Crippen molar-refractivity contribution in [3.63, 3.8) is 0 Å². The van der Waals surface area contributed by atoms with Crippen molar-refractivity contribution in [1.82, 2.24) is 10.3 Å². The van der Waals surface area contributed by atoms with Crippen molar-refractivity contribution in [3.05, 3.63) is 34.5 Å². The van der Waals surface area contributed by atoms with Gasteiger partial charge in [0.05, 0.1) is 11.6 Å². The minimum Gasteiger partial charge on any atom is -0.357 e. The molecule has 1 aromatic carbocycles. The normalized spacial score (nSPS) is 10.6. The van der Waals surface area contributed by atoms with Crippen molar-refractivity contribution < 1.29 is 9.59 Å². The summed E-state index contributed by atoms with van der Waals surface area (Å²) in [6.45, 7) is 2.24. The molecule has 0 spiro atoms. The largest absolute Gasteiger partial charge is 0.357 e. The second-order valence-corrected chi connectivity index (χ2v) is 4.41. The van der Waals surface area contributed by atoms with E-state index in [4.69, 9.17) is 11.6 Å². The molecule has 0 aliphatic carbocycles. The second-order valence-electron chi connectivity index (χ2n) is 4.00. The Kier molecular flexibility index (Phi) is 3.67. The number of benzene rings is 1. The topological polar surface area (TPSA) is 62.0 Å². The lowest BCUT2D eigenvalue weighted by atomic mass is 10.2. The number of fused-ring (bicyclic) bond motifs is 1. The van der Waals surface area contributed by atoms with Gasteiger partial charge in [-0.25, -0.2) is 0 Å². The van der Waals surface area contributed by atoms with Gasteiger partial charge in [-0.05, 0) is 18.2 Å². The van der Waals surface area contributed by atoms with Crippen molar-refractivity contribution in [2.24, 2.45) is 0 Å². The highest BCUT2D eigenvalue weighted by Gasteiger charge is 2.06. The molecule has 18 heavy (non-hydrogen) atoms. The van der Waals surface area contributed by atoms with Gasteiger partial charge in [0.1, 0.15) is 0 Å². The molecule has 0 bridgehead atoms. The molecule has 0 fully saturated rings. The summed E-state index contributed by atoms with van der Waals surface area (Å²) in [6.07, 6.45) is 1.18. The number of halogens is 1. The molecule has 94 valence electrons. The molecule has 2 aromatic rings. The summed E-state index contributed by atoms with van der Waals surface area (Å²) < 4.78 is 0. The van der Waals surface area contributed by atoms with Gasteiger partial charge in [-0.2, -0.15) is 0 Å². The van der Waals surface area contributed by atoms with E-state index in [-0.39, 0.29) is 5.91 Å². The van der Waals surface area contributed by atoms with E-state index in [9.17, 15) is 9.59 Å². The van der Waals surface area contributed by atoms with Gasteiger partial charge in [0.15, 0.2) is 6.29 Å². The minimum atomic E-state index is 0.000249. The molecule has 0 atom stereocenters. The summed E-state index contributed by atoms with van der Waals surface area (Å²) in [6, 6.07) is 5.35. The molecular formula is C13H13ClN2O2. The van der Waals surface area contributed by atoms with E-state index in [1.54, 1.807) is 19.1 Å². The standard InChI is InChI=1S/C13H13ClN2O2/c1-2-13(18)15-6-10-3-8-4-11(14)9(7-17)5-12(8)16-10/h3-5,7,16H,2,6H2,1H3,(H,15,18). The highest BCUT2D eigenvalue weighted by molar-refractivity contribution is 6.33. The number of aldehydes is 1. The second kappa shape index (κ2) is 5.23. The van der Waals surface area contributed by atoms with Gasteiger partial charge < -0.3 is 10.3 Å². The van der Waals surface area contributed by atoms with Gasteiger partial charge in [0.25, 0.3) is 0 Å². The van der Waals surface area contributed by atoms with Crippen LogP contribution in [-0.4, -0.2) is 17.2 Å². The zero-order valence-corrected chi connectivity index (χ0v) is 10.7. The van der Waals surface area contributed by atoms with E-state index in [1.807, 2.05) is 6.07 Å². The summed E-state index contributed by atoms with van der Waals surface area (Å²) in [5, 5.41) is 4.13. The Bertz CT molecular complexity index is 604. The van der Waals surface area contributed by atoms with Gasteiger partial charge in [-0.1, -0.05) is 18.5 Å². The number of aromatic nitrogens is 1. The summed E-state index contributed by atoms with van der Waals surface area (Å²) in [7, 11) is 0. The Morgan fingerprint density at radius 1 is 1.44 bits per heavy atom. The third-order valence-corrected chi connectivity index (χ3v) is 3.05. The molecule has 0 saturated carbocycles. The molecule has 5 heteroatoms. The molecule has 0 radical (unpaired) electrons. The molecule has 1 aromatic heterocycles. The first-order valence-corrected chi connectivity index (χ1v) is 6.05. The average Bonchev–Trinajstić information content (AvgIpc) is 2.76. The van der Waals surface area contributed by atoms with Gasteiger partial charge in [0.2, 0.25) is 5.91 Å². The lowest BCUT2D eigenvalue weighted by molar-refractivity contribution is -0.120. The Morgan fingerprint density at radius 3 is 2.89 bits per heavy atom. The maximum Gasteiger partial charge on any atom is 0.220 e. The van der Waals surface area contributed by atoms with E-state index in [0.717, 1.165) is 22.9 Å². The zero-order valence-electron chi connectivity index (χ0n) is 9.92. The van der Waals surface area contributed by atoms with E-state index < -0.39 is 0 Å². The number of aromatic amines is 1. The fourth-order valence-electron chi connectivity index (χ4n) is 1.73. The smallest absolute Gasteiger partial charge is 0.220 e. The summed E-state index contributed by atoms with van der Waals surface area (Å²) in [5.41, 5.74) is 2.17. The molecule has 0 unspecified atom stereocenters. The Labute approximate surface area is 109 Å². The number of amides is 1. The fraction of sp³-hybridized carbons (Fsp3) is 0.231.